The largest absolute Gasteiger partial charge is 0.320 e. The normalized spacial score (nSPS) is 12.5. The molecule has 0 bridgehead atoms. The standard InChI is InChI=1S/C14H16FN3/c1-8-4-5-11(7-13(8)15)14(16)12-6-9(2)17-18-10(12)3/h4-7,14H,16H2,1-3H3. The summed E-state index contributed by atoms with van der Waals surface area (Å²) >= 11 is 0. The second kappa shape index (κ2) is 4.82. The van der Waals surface area contributed by atoms with Gasteiger partial charge in [0.25, 0.3) is 0 Å². The molecule has 0 spiro atoms. The van der Waals surface area contributed by atoms with Gasteiger partial charge in [0.15, 0.2) is 0 Å². The summed E-state index contributed by atoms with van der Waals surface area (Å²) in [6, 6.07) is 6.58. The van der Waals surface area contributed by atoms with Gasteiger partial charge in [0, 0.05) is 0 Å². The van der Waals surface area contributed by atoms with Crippen LogP contribution in [0, 0.1) is 26.6 Å². The zero-order valence-electron chi connectivity index (χ0n) is 10.7. The molecule has 18 heavy (non-hydrogen) atoms. The van der Waals surface area contributed by atoms with Gasteiger partial charge in [-0.05, 0) is 49.6 Å². The third-order valence-corrected chi connectivity index (χ3v) is 3.03. The first-order chi connectivity index (χ1) is 8.49. The van der Waals surface area contributed by atoms with E-state index in [1.807, 2.05) is 26.0 Å². The van der Waals surface area contributed by atoms with E-state index in [-0.39, 0.29) is 11.9 Å². The molecule has 1 atom stereocenters. The van der Waals surface area contributed by atoms with Gasteiger partial charge >= 0.3 is 0 Å². The first kappa shape index (κ1) is 12.6. The summed E-state index contributed by atoms with van der Waals surface area (Å²) in [6.45, 7) is 5.44. The lowest BCUT2D eigenvalue weighted by molar-refractivity contribution is 0.614. The molecule has 1 aromatic heterocycles. The van der Waals surface area contributed by atoms with Gasteiger partial charge in [-0.2, -0.15) is 10.2 Å². The van der Waals surface area contributed by atoms with Gasteiger partial charge in [-0.15, -0.1) is 0 Å². The number of hydrogen-bond acceptors (Lipinski definition) is 3. The van der Waals surface area contributed by atoms with E-state index in [2.05, 4.69) is 10.2 Å². The van der Waals surface area contributed by atoms with Crippen molar-refractivity contribution in [1.29, 1.82) is 0 Å². The Morgan fingerprint density at radius 3 is 2.50 bits per heavy atom. The van der Waals surface area contributed by atoms with Crippen molar-refractivity contribution < 1.29 is 4.39 Å². The van der Waals surface area contributed by atoms with E-state index in [1.54, 1.807) is 13.0 Å². The van der Waals surface area contributed by atoms with Crippen molar-refractivity contribution in [3.05, 3.63) is 58.2 Å². The molecule has 0 saturated heterocycles. The van der Waals surface area contributed by atoms with Crippen molar-refractivity contribution in [1.82, 2.24) is 10.2 Å². The highest BCUT2D eigenvalue weighted by Crippen LogP contribution is 2.23. The molecular formula is C14H16FN3. The van der Waals surface area contributed by atoms with E-state index in [0.717, 1.165) is 22.5 Å². The van der Waals surface area contributed by atoms with Gasteiger partial charge in [-0.3, -0.25) is 0 Å². The molecule has 0 aliphatic rings. The Balaban J connectivity index is 2.44. The molecule has 4 heteroatoms. The van der Waals surface area contributed by atoms with E-state index in [1.165, 1.54) is 6.07 Å². The number of nitrogens with zero attached hydrogens (tertiary/aromatic N) is 2. The zero-order valence-corrected chi connectivity index (χ0v) is 10.7. The minimum atomic E-state index is -0.380. The summed E-state index contributed by atoms with van der Waals surface area (Å²) in [7, 11) is 0. The molecule has 2 N–H and O–H groups in total. The molecular weight excluding hydrogens is 229 g/mol. The van der Waals surface area contributed by atoms with Crippen molar-refractivity contribution in [3.8, 4) is 0 Å². The molecule has 94 valence electrons. The molecule has 1 heterocycles. The molecule has 3 nitrogen and oxygen atoms in total. The maximum atomic E-state index is 13.6. The predicted octanol–water partition coefficient (Wildman–Crippen LogP) is 2.59. The molecule has 0 aliphatic heterocycles. The highest BCUT2D eigenvalue weighted by molar-refractivity contribution is 5.35. The van der Waals surface area contributed by atoms with E-state index >= 15 is 0 Å². The van der Waals surface area contributed by atoms with Crippen LogP contribution in [-0.4, -0.2) is 10.2 Å². The third kappa shape index (κ3) is 2.38. The fourth-order valence-electron chi connectivity index (χ4n) is 1.87. The van der Waals surface area contributed by atoms with Crippen LogP contribution in [0.4, 0.5) is 4.39 Å². The minimum absolute atomic E-state index is 0.237. The lowest BCUT2D eigenvalue weighted by Crippen LogP contribution is -2.15. The van der Waals surface area contributed by atoms with Crippen molar-refractivity contribution in [2.45, 2.75) is 26.8 Å². The average Bonchev–Trinajstić information content (AvgIpc) is 2.35. The van der Waals surface area contributed by atoms with Crippen molar-refractivity contribution >= 4 is 0 Å². The second-order valence-electron chi connectivity index (χ2n) is 4.51. The first-order valence-corrected chi connectivity index (χ1v) is 5.81. The summed E-state index contributed by atoms with van der Waals surface area (Å²) in [6.07, 6.45) is 0. The van der Waals surface area contributed by atoms with Crippen LogP contribution in [-0.2, 0) is 0 Å². The Kier molecular flexibility index (Phi) is 3.39. The second-order valence-corrected chi connectivity index (χ2v) is 4.51. The summed E-state index contributed by atoms with van der Waals surface area (Å²) in [5.74, 6) is -0.237. The van der Waals surface area contributed by atoms with Crippen molar-refractivity contribution in [2.75, 3.05) is 0 Å². The fourth-order valence-corrected chi connectivity index (χ4v) is 1.87. The van der Waals surface area contributed by atoms with Gasteiger partial charge in [0.05, 0.1) is 17.4 Å². The molecule has 0 amide bonds. The Morgan fingerprint density at radius 2 is 1.83 bits per heavy atom. The SMILES string of the molecule is Cc1cc(C(N)c2ccc(C)c(F)c2)c(C)nn1. The average molecular weight is 245 g/mol. The quantitative estimate of drug-likeness (QED) is 0.884. The first-order valence-electron chi connectivity index (χ1n) is 5.81. The summed E-state index contributed by atoms with van der Waals surface area (Å²) < 4.78 is 13.6. The van der Waals surface area contributed by atoms with E-state index in [0.29, 0.717) is 5.56 Å². The fraction of sp³-hybridized carbons (Fsp3) is 0.286. The number of halogens is 1. The number of aromatic nitrogens is 2. The summed E-state index contributed by atoms with van der Waals surface area (Å²) in [5, 5.41) is 8.01. The Labute approximate surface area is 106 Å². The smallest absolute Gasteiger partial charge is 0.126 e. The number of benzene rings is 1. The van der Waals surface area contributed by atoms with Crippen LogP contribution in [0.2, 0.25) is 0 Å². The molecule has 0 aliphatic carbocycles. The molecule has 0 fully saturated rings. The minimum Gasteiger partial charge on any atom is -0.320 e. The predicted molar refractivity (Wildman–Crippen MR) is 68.7 cm³/mol. The highest BCUT2D eigenvalue weighted by Gasteiger charge is 2.14. The van der Waals surface area contributed by atoms with E-state index in [9.17, 15) is 4.39 Å². The van der Waals surface area contributed by atoms with Gasteiger partial charge in [-0.1, -0.05) is 12.1 Å². The van der Waals surface area contributed by atoms with Crippen LogP contribution in [0.15, 0.2) is 24.3 Å². The van der Waals surface area contributed by atoms with E-state index in [4.69, 9.17) is 5.73 Å². The molecule has 0 saturated carbocycles. The maximum absolute atomic E-state index is 13.6. The molecule has 0 radical (unpaired) electrons. The van der Waals surface area contributed by atoms with Crippen molar-refractivity contribution in [3.63, 3.8) is 0 Å². The van der Waals surface area contributed by atoms with Crippen LogP contribution < -0.4 is 5.73 Å². The Hall–Kier alpha value is -1.81. The zero-order chi connectivity index (χ0) is 13.3. The van der Waals surface area contributed by atoms with Crippen LogP contribution in [0.3, 0.4) is 0 Å². The molecule has 2 aromatic rings. The topological polar surface area (TPSA) is 51.8 Å². The van der Waals surface area contributed by atoms with Crippen LogP contribution in [0.5, 0.6) is 0 Å². The van der Waals surface area contributed by atoms with E-state index < -0.39 is 0 Å². The number of aryl methyl sites for hydroxylation is 3. The summed E-state index contributed by atoms with van der Waals surface area (Å²) in [4.78, 5) is 0. The van der Waals surface area contributed by atoms with Gasteiger partial charge < -0.3 is 5.73 Å². The summed E-state index contributed by atoms with van der Waals surface area (Å²) in [5.41, 5.74) is 9.99. The monoisotopic (exact) mass is 245 g/mol. The lowest BCUT2D eigenvalue weighted by Gasteiger charge is -2.15. The lowest BCUT2D eigenvalue weighted by atomic mass is 9.97. The Morgan fingerprint density at radius 1 is 1.11 bits per heavy atom. The van der Waals surface area contributed by atoms with Crippen molar-refractivity contribution in [2.24, 2.45) is 5.73 Å². The van der Waals surface area contributed by atoms with Gasteiger partial charge in [0.1, 0.15) is 5.82 Å². The maximum Gasteiger partial charge on any atom is 0.126 e. The Bertz CT molecular complexity index is 581. The number of rotatable bonds is 2. The highest BCUT2D eigenvalue weighted by atomic mass is 19.1. The van der Waals surface area contributed by atoms with Gasteiger partial charge in [0.2, 0.25) is 0 Å². The molecule has 1 aromatic carbocycles. The van der Waals surface area contributed by atoms with Crippen LogP contribution in [0.25, 0.3) is 0 Å². The van der Waals surface area contributed by atoms with Crippen LogP contribution >= 0.6 is 0 Å². The van der Waals surface area contributed by atoms with Crippen LogP contribution in [0.1, 0.15) is 34.1 Å². The van der Waals surface area contributed by atoms with Gasteiger partial charge in [-0.25, -0.2) is 4.39 Å². The molecule has 1 unspecified atom stereocenters. The number of hydrogen-bond donors (Lipinski definition) is 1. The molecule has 2 rings (SSSR count). The number of nitrogens with two attached hydrogens (primary N) is 1. The third-order valence-electron chi connectivity index (χ3n) is 3.03.